The summed E-state index contributed by atoms with van der Waals surface area (Å²) in [7, 11) is 1.80. The van der Waals surface area contributed by atoms with Gasteiger partial charge in [0.25, 0.3) is 5.91 Å². The molecule has 1 fully saturated rings. The van der Waals surface area contributed by atoms with E-state index in [0.29, 0.717) is 13.0 Å². The molecule has 1 aliphatic rings. The number of hydrogen-bond donors (Lipinski definition) is 2. The third-order valence-corrected chi connectivity index (χ3v) is 3.80. The van der Waals surface area contributed by atoms with Gasteiger partial charge in [-0.3, -0.25) is 19.2 Å². The first kappa shape index (κ1) is 15.5. The van der Waals surface area contributed by atoms with Crippen LogP contribution in [0.3, 0.4) is 0 Å². The number of nitrogens with zero attached hydrogens (tertiary/aromatic N) is 3. The van der Waals surface area contributed by atoms with Crippen LogP contribution >= 0.6 is 0 Å². The SMILES string of the molecule is Cc1cc(N2CCC(NC(=O)[C@@H](N)C(C)C)C2=O)n(C)n1. The highest BCUT2D eigenvalue weighted by Crippen LogP contribution is 2.22. The van der Waals surface area contributed by atoms with Crippen molar-refractivity contribution < 1.29 is 9.59 Å². The predicted octanol–water partition coefficient (Wildman–Crippen LogP) is -0.0667. The Balaban J connectivity index is 2.05. The van der Waals surface area contributed by atoms with Crippen molar-refractivity contribution in [3.63, 3.8) is 0 Å². The van der Waals surface area contributed by atoms with Crippen LogP contribution < -0.4 is 16.0 Å². The van der Waals surface area contributed by atoms with E-state index < -0.39 is 12.1 Å². The van der Waals surface area contributed by atoms with Crippen molar-refractivity contribution in [1.82, 2.24) is 15.1 Å². The van der Waals surface area contributed by atoms with Gasteiger partial charge in [-0.05, 0) is 19.3 Å². The van der Waals surface area contributed by atoms with Crippen LogP contribution in [0, 0.1) is 12.8 Å². The highest BCUT2D eigenvalue weighted by molar-refractivity contribution is 6.01. The maximum Gasteiger partial charge on any atom is 0.250 e. The summed E-state index contributed by atoms with van der Waals surface area (Å²) in [5.74, 6) is 0.411. The second-order valence-electron chi connectivity index (χ2n) is 5.88. The molecule has 2 rings (SSSR count). The van der Waals surface area contributed by atoms with Gasteiger partial charge in [0.15, 0.2) is 0 Å². The standard InChI is InChI=1S/C14H23N5O2/c1-8(2)12(15)13(20)16-10-5-6-19(14(10)21)11-7-9(3)17-18(11)4/h7-8,10,12H,5-6,15H2,1-4H3,(H,16,20)/t10?,12-/m0/s1. The number of carbonyl (C=O) groups is 2. The summed E-state index contributed by atoms with van der Waals surface area (Å²) in [4.78, 5) is 26.1. The van der Waals surface area contributed by atoms with E-state index in [2.05, 4.69) is 10.4 Å². The lowest BCUT2D eigenvalue weighted by molar-refractivity contribution is -0.127. The molecule has 1 saturated heterocycles. The quantitative estimate of drug-likeness (QED) is 0.813. The number of amides is 2. The lowest BCUT2D eigenvalue weighted by Gasteiger charge is -2.19. The summed E-state index contributed by atoms with van der Waals surface area (Å²) in [6, 6.07) is 0.769. The molecular formula is C14H23N5O2. The molecular weight excluding hydrogens is 270 g/mol. The largest absolute Gasteiger partial charge is 0.343 e. The molecule has 2 heterocycles. The van der Waals surface area contributed by atoms with Gasteiger partial charge in [-0.1, -0.05) is 13.8 Å². The van der Waals surface area contributed by atoms with Crippen molar-refractivity contribution >= 4 is 17.6 Å². The zero-order valence-electron chi connectivity index (χ0n) is 13.0. The van der Waals surface area contributed by atoms with E-state index in [1.165, 1.54) is 0 Å². The third kappa shape index (κ3) is 3.07. The van der Waals surface area contributed by atoms with Gasteiger partial charge in [0.2, 0.25) is 5.91 Å². The zero-order chi connectivity index (χ0) is 15.7. The van der Waals surface area contributed by atoms with E-state index in [1.54, 1.807) is 16.6 Å². The van der Waals surface area contributed by atoms with E-state index in [0.717, 1.165) is 11.5 Å². The fourth-order valence-corrected chi connectivity index (χ4v) is 2.46. The Bertz CT molecular complexity index is 552. The van der Waals surface area contributed by atoms with Crippen molar-refractivity contribution in [2.45, 2.75) is 39.3 Å². The highest BCUT2D eigenvalue weighted by Gasteiger charge is 2.36. The second kappa shape index (κ2) is 5.85. The number of nitrogens with one attached hydrogen (secondary N) is 1. The maximum absolute atomic E-state index is 12.4. The minimum absolute atomic E-state index is 0.0392. The van der Waals surface area contributed by atoms with Gasteiger partial charge in [0.05, 0.1) is 11.7 Å². The number of rotatable bonds is 4. The number of aromatic nitrogens is 2. The van der Waals surface area contributed by atoms with Crippen LogP contribution in [0.2, 0.25) is 0 Å². The van der Waals surface area contributed by atoms with Crippen LogP contribution in [-0.2, 0) is 16.6 Å². The first-order valence-electron chi connectivity index (χ1n) is 7.19. The first-order valence-corrected chi connectivity index (χ1v) is 7.19. The smallest absolute Gasteiger partial charge is 0.250 e. The Hall–Kier alpha value is -1.89. The molecule has 116 valence electrons. The molecule has 0 radical (unpaired) electrons. The first-order chi connectivity index (χ1) is 9.81. The molecule has 7 heteroatoms. The molecule has 0 saturated carbocycles. The summed E-state index contributed by atoms with van der Waals surface area (Å²) >= 11 is 0. The monoisotopic (exact) mass is 293 g/mol. The molecule has 1 aliphatic heterocycles. The number of carbonyl (C=O) groups excluding carboxylic acids is 2. The normalized spacial score (nSPS) is 20.2. The van der Waals surface area contributed by atoms with Crippen LogP contribution in [-0.4, -0.2) is 40.2 Å². The van der Waals surface area contributed by atoms with Gasteiger partial charge >= 0.3 is 0 Å². The summed E-state index contributed by atoms with van der Waals surface area (Å²) in [5.41, 5.74) is 6.66. The van der Waals surface area contributed by atoms with E-state index in [1.807, 2.05) is 26.8 Å². The fourth-order valence-electron chi connectivity index (χ4n) is 2.46. The average molecular weight is 293 g/mol. The van der Waals surface area contributed by atoms with E-state index in [-0.39, 0.29) is 17.7 Å². The number of aryl methyl sites for hydroxylation is 2. The topological polar surface area (TPSA) is 93.3 Å². The van der Waals surface area contributed by atoms with Crippen LogP contribution in [0.25, 0.3) is 0 Å². The summed E-state index contributed by atoms with van der Waals surface area (Å²) in [6.45, 7) is 6.21. The van der Waals surface area contributed by atoms with Gasteiger partial charge in [0.1, 0.15) is 11.9 Å². The molecule has 2 atom stereocenters. The molecule has 1 aromatic rings. The Morgan fingerprint density at radius 1 is 1.52 bits per heavy atom. The van der Waals surface area contributed by atoms with E-state index >= 15 is 0 Å². The fraction of sp³-hybridized carbons (Fsp3) is 0.643. The Kier molecular flexibility index (Phi) is 4.32. The summed E-state index contributed by atoms with van der Waals surface area (Å²) in [6.07, 6.45) is 0.583. The van der Waals surface area contributed by atoms with Gasteiger partial charge in [-0.2, -0.15) is 5.10 Å². The van der Waals surface area contributed by atoms with Gasteiger partial charge in [0, 0.05) is 19.7 Å². The van der Waals surface area contributed by atoms with Gasteiger partial charge in [-0.15, -0.1) is 0 Å². The number of hydrogen-bond acceptors (Lipinski definition) is 4. The van der Waals surface area contributed by atoms with Crippen molar-refractivity contribution in [2.24, 2.45) is 18.7 Å². The molecule has 7 nitrogen and oxygen atoms in total. The van der Waals surface area contributed by atoms with Gasteiger partial charge < -0.3 is 11.1 Å². The molecule has 1 aromatic heterocycles. The van der Waals surface area contributed by atoms with Crippen molar-refractivity contribution in [3.05, 3.63) is 11.8 Å². The lowest BCUT2D eigenvalue weighted by Crippen LogP contribution is -2.50. The van der Waals surface area contributed by atoms with Gasteiger partial charge in [-0.25, -0.2) is 0 Å². The lowest BCUT2D eigenvalue weighted by atomic mass is 10.0. The van der Waals surface area contributed by atoms with Crippen molar-refractivity contribution in [1.29, 1.82) is 0 Å². The summed E-state index contributed by atoms with van der Waals surface area (Å²) in [5, 5.41) is 6.99. The molecule has 2 amide bonds. The maximum atomic E-state index is 12.4. The van der Waals surface area contributed by atoms with Crippen LogP contribution in [0.4, 0.5) is 5.82 Å². The van der Waals surface area contributed by atoms with Crippen molar-refractivity contribution in [2.75, 3.05) is 11.4 Å². The average Bonchev–Trinajstić information content (AvgIpc) is 2.92. The molecule has 0 bridgehead atoms. The van der Waals surface area contributed by atoms with Crippen LogP contribution in [0.5, 0.6) is 0 Å². The number of nitrogens with two attached hydrogens (primary N) is 1. The highest BCUT2D eigenvalue weighted by atomic mass is 16.2. The molecule has 3 N–H and O–H groups in total. The number of anilines is 1. The Morgan fingerprint density at radius 2 is 2.19 bits per heavy atom. The predicted molar refractivity (Wildman–Crippen MR) is 79.7 cm³/mol. The third-order valence-electron chi connectivity index (χ3n) is 3.80. The molecule has 0 aromatic carbocycles. The molecule has 21 heavy (non-hydrogen) atoms. The summed E-state index contributed by atoms with van der Waals surface area (Å²) < 4.78 is 1.68. The van der Waals surface area contributed by atoms with E-state index in [9.17, 15) is 9.59 Å². The van der Waals surface area contributed by atoms with Crippen LogP contribution in [0.15, 0.2) is 6.07 Å². The van der Waals surface area contributed by atoms with E-state index in [4.69, 9.17) is 5.73 Å². The second-order valence-corrected chi connectivity index (χ2v) is 5.88. The minimum atomic E-state index is -0.592. The minimum Gasteiger partial charge on any atom is -0.343 e. The molecule has 0 spiro atoms. The zero-order valence-corrected chi connectivity index (χ0v) is 13.0. The Morgan fingerprint density at radius 3 is 2.71 bits per heavy atom. The molecule has 1 unspecified atom stereocenters. The Labute approximate surface area is 124 Å². The molecule has 0 aliphatic carbocycles. The van der Waals surface area contributed by atoms with Crippen molar-refractivity contribution in [3.8, 4) is 0 Å². The van der Waals surface area contributed by atoms with Crippen LogP contribution in [0.1, 0.15) is 26.0 Å².